The molecule has 0 saturated heterocycles. The van der Waals surface area contributed by atoms with Crippen LogP contribution in [0.15, 0.2) is 48.7 Å². The summed E-state index contributed by atoms with van der Waals surface area (Å²) in [6, 6.07) is 12.6. The summed E-state index contributed by atoms with van der Waals surface area (Å²) in [5, 5.41) is 10.4. The lowest BCUT2D eigenvalue weighted by Gasteiger charge is -2.07. The van der Waals surface area contributed by atoms with Crippen molar-refractivity contribution in [1.29, 1.82) is 0 Å². The summed E-state index contributed by atoms with van der Waals surface area (Å²) < 4.78 is 5.86. The highest BCUT2D eigenvalue weighted by Gasteiger charge is 2.08. The number of hydrogen-bond acceptors (Lipinski definition) is 3. The van der Waals surface area contributed by atoms with Gasteiger partial charge in [-0.15, -0.1) is 0 Å². The zero-order valence-electron chi connectivity index (χ0n) is 11.0. The number of para-hydroxylation sites is 1. The first-order valence-electron chi connectivity index (χ1n) is 6.54. The maximum atomic E-state index is 9.28. The highest BCUT2D eigenvalue weighted by Crippen LogP contribution is 2.31. The number of rotatable bonds is 4. The van der Waals surface area contributed by atoms with Crippen molar-refractivity contribution >= 4 is 10.9 Å². The van der Waals surface area contributed by atoms with Gasteiger partial charge in [0.15, 0.2) is 5.75 Å². The molecule has 0 amide bonds. The Kier molecular flexibility index (Phi) is 3.31. The molecule has 4 nitrogen and oxygen atoms in total. The third-order valence-electron chi connectivity index (χ3n) is 3.24. The van der Waals surface area contributed by atoms with Gasteiger partial charge in [-0.05, 0) is 48.9 Å². The summed E-state index contributed by atoms with van der Waals surface area (Å²) in [5.41, 5.74) is 7.77. The fourth-order valence-corrected chi connectivity index (χ4v) is 2.27. The van der Waals surface area contributed by atoms with Crippen molar-refractivity contribution in [1.82, 2.24) is 4.98 Å². The molecule has 4 N–H and O–H groups in total. The third-order valence-corrected chi connectivity index (χ3v) is 3.24. The van der Waals surface area contributed by atoms with Crippen LogP contribution in [0.2, 0.25) is 0 Å². The number of nitrogens with two attached hydrogens (primary N) is 1. The van der Waals surface area contributed by atoms with Gasteiger partial charge in [-0.2, -0.15) is 0 Å². The number of nitrogens with one attached hydrogen (secondary N) is 1. The van der Waals surface area contributed by atoms with Gasteiger partial charge in [0, 0.05) is 11.6 Å². The Bertz CT molecular complexity index is 717. The second-order valence-electron chi connectivity index (χ2n) is 4.63. The van der Waals surface area contributed by atoms with E-state index in [0.717, 1.165) is 23.1 Å². The molecular formula is C16H16N2O2. The number of H-pyrrole nitrogens is 1. The monoisotopic (exact) mass is 268 g/mol. The number of phenolic OH excluding ortho intramolecular Hbond substituents is 1. The van der Waals surface area contributed by atoms with E-state index in [0.29, 0.717) is 12.3 Å². The van der Waals surface area contributed by atoms with Crippen LogP contribution >= 0.6 is 0 Å². The predicted octanol–water partition coefficient (Wildman–Crippen LogP) is 3.17. The summed E-state index contributed by atoms with van der Waals surface area (Å²) in [7, 11) is 0. The van der Waals surface area contributed by atoms with E-state index in [2.05, 4.69) is 11.1 Å². The number of fused-ring (bicyclic) bond motifs is 1. The SMILES string of the molecule is NCCc1c[nH]c2c(Oc3ccc(O)cc3)cccc12. The number of benzene rings is 2. The normalized spacial score (nSPS) is 10.8. The van der Waals surface area contributed by atoms with E-state index in [1.165, 1.54) is 5.56 Å². The lowest BCUT2D eigenvalue weighted by Crippen LogP contribution is -2.01. The molecule has 0 saturated carbocycles. The second kappa shape index (κ2) is 5.27. The first-order valence-corrected chi connectivity index (χ1v) is 6.54. The van der Waals surface area contributed by atoms with E-state index in [4.69, 9.17) is 10.5 Å². The number of ether oxygens (including phenoxy) is 1. The van der Waals surface area contributed by atoms with Crippen LogP contribution < -0.4 is 10.5 Å². The topological polar surface area (TPSA) is 71.3 Å². The van der Waals surface area contributed by atoms with E-state index in [9.17, 15) is 5.11 Å². The Morgan fingerprint density at radius 1 is 1.10 bits per heavy atom. The van der Waals surface area contributed by atoms with Crippen molar-refractivity contribution in [3.63, 3.8) is 0 Å². The highest BCUT2D eigenvalue weighted by molar-refractivity contribution is 5.88. The molecule has 0 bridgehead atoms. The molecule has 0 aliphatic rings. The Labute approximate surface area is 116 Å². The molecule has 2 aromatic carbocycles. The van der Waals surface area contributed by atoms with E-state index in [-0.39, 0.29) is 5.75 Å². The third kappa shape index (κ3) is 2.33. The molecule has 0 spiro atoms. The minimum absolute atomic E-state index is 0.223. The molecule has 4 heteroatoms. The molecule has 3 rings (SSSR count). The van der Waals surface area contributed by atoms with Crippen LogP contribution in [-0.4, -0.2) is 16.6 Å². The van der Waals surface area contributed by atoms with Crippen molar-refractivity contribution in [3.8, 4) is 17.2 Å². The number of aromatic amines is 1. The average molecular weight is 268 g/mol. The van der Waals surface area contributed by atoms with E-state index in [1.807, 2.05) is 18.3 Å². The number of aromatic hydroxyl groups is 1. The molecule has 0 atom stereocenters. The lowest BCUT2D eigenvalue weighted by molar-refractivity contribution is 0.466. The van der Waals surface area contributed by atoms with E-state index < -0.39 is 0 Å². The summed E-state index contributed by atoms with van der Waals surface area (Å²) in [4.78, 5) is 3.24. The number of aromatic nitrogens is 1. The molecule has 0 aliphatic carbocycles. The van der Waals surface area contributed by atoms with Crippen molar-refractivity contribution in [2.45, 2.75) is 6.42 Å². The minimum atomic E-state index is 0.223. The van der Waals surface area contributed by atoms with Gasteiger partial charge in [0.2, 0.25) is 0 Å². The fourth-order valence-electron chi connectivity index (χ4n) is 2.27. The molecule has 1 heterocycles. The second-order valence-corrected chi connectivity index (χ2v) is 4.63. The van der Waals surface area contributed by atoms with Crippen LogP contribution in [-0.2, 0) is 6.42 Å². The van der Waals surface area contributed by atoms with Gasteiger partial charge in [0.05, 0.1) is 5.52 Å². The smallest absolute Gasteiger partial charge is 0.151 e. The molecule has 1 aromatic heterocycles. The number of hydrogen-bond donors (Lipinski definition) is 3. The molecule has 3 aromatic rings. The fraction of sp³-hybridized carbons (Fsp3) is 0.125. The van der Waals surface area contributed by atoms with E-state index in [1.54, 1.807) is 24.3 Å². The molecule has 102 valence electrons. The quantitative estimate of drug-likeness (QED) is 0.680. The van der Waals surface area contributed by atoms with Crippen LogP contribution in [0.25, 0.3) is 10.9 Å². The lowest BCUT2D eigenvalue weighted by atomic mass is 10.1. The van der Waals surface area contributed by atoms with Gasteiger partial charge >= 0.3 is 0 Å². The highest BCUT2D eigenvalue weighted by atomic mass is 16.5. The van der Waals surface area contributed by atoms with Crippen molar-refractivity contribution in [2.75, 3.05) is 6.54 Å². The largest absolute Gasteiger partial charge is 0.508 e. The molecule has 0 fully saturated rings. The van der Waals surface area contributed by atoms with Crippen LogP contribution in [0.5, 0.6) is 17.2 Å². The Balaban J connectivity index is 1.97. The molecular weight excluding hydrogens is 252 g/mol. The predicted molar refractivity (Wildman–Crippen MR) is 79.2 cm³/mol. The Morgan fingerprint density at radius 2 is 1.90 bits per heavy atom. The van der Waals surface area contributed by atoms with Crippen LogP contribution in [0, 0.1) is 0 Å². The first-order chi connectivity index (χ1) is 9.78. The van der Waals surface area contributed by atoms with Crippen molar-refractivity contribution in [2.24, 2.45) is 5.73 Å². The van der Waals surface area contributed by atoms with Crippen LogP contribution in [0.4, 0.5) is 0 Å². The summed E-state index contributed by atoms with van der Waals surface area (Å²) in [6.45, 7) is 0.621. The molecule has 0 aliphatic heterocycles. The van der Waals surface area contributed by atoms with E-state index >= 15 is 0 Å². The zero-order chi connectivity index (χ0) is 13.9. The van der Waals surface area contributed by atoms with Gasteiger partial charge in [-0.3, -0.25) is 0 Å². The van der Waals surface area contributed by atoms with Gasteiger partial charge < -0.3 is 20.6 Å². The Morgan fingerprint density at radius 3 is 2.65 bits per heavy atom. The standard InChI is InChI=1S/C16H16N2O2/c17-9-8-11-10-18-16-14(11)2-1-3-15(16)20-13-6-4-12(19)5-7-13/h1-7,10,18-19H,8-9,17H2. The molecule has 20 heavy (non-hydrogen) atoms. The van der Waals surface area contributed by atoms with Crippen molar-refractivity contribution < 1.29 is 9.84 Å². The first kappa shape index (κ1) is 12.6. The van der Waals surface area contributed by atoms with Gasteiger partial charge in [0.1, 0.15) is 11.5 Å². The maximum absolute atomic E-state index is 9.28. The average Bonchev–Trinajstić information content (AvgIpc) is 2.86. The Hall–Kier alpha value is -2.46. The van der Waals surface area contributed by atoms with Gasteiger partial charge in [-0.1, -0.05) is 12.1 Å². The summed E-state index contributed by atoms with van der Waals surface area (Å²) >= 11 is 0. The molecule has 0 radical (unpaired) electrons. The summed E-state index contributed by atoms with van der Waals surface area (Å²) in [6.07, 6.45) is 2.81. The minimum Gasteiger partial charge on any atom is -0.508 e. The maximum Gasteiger partial charge on any atom is 0.151 e. The van der Waals surface area contributed by atoms with Gasteiger partial charge in [0.25, 0.3) is 0 Å². The van der Waals surface area contributed by atoms with Crippen molar-refractivity contribution in [3.05, 3.63) is 54.2 Å². The molecule has 0 unspecified atom stereocenters. The van der Waals surface area contributed by atoms with Gasteiger partial charge in [-0.25, -0.2) is 0 Å². The number of phenols is 1. The zero-order valence-corrected chi connectivity index (χ0v) is 11.0. The van der Waals surface area contributed by atoms with Crippen LogP contribution in [0.1, 0.15) is 5.56 Å². The van der Waals surface area contributed by atoms with Crippen LogP contribution in [0.3, 0.4) is 0 Å². The summed E-state index contributed by atoms with van der Waals surface area (Å²) in [5.74, 6) is 1.67.